The molecule has 0 aliphatic carbocycles. The minimum atomic E-state index is -0.355. The Hall–Kier alpha value is -1.59. The number of hydrogen-bond donors (Lipinski definition) is 0. The number of aryl methyl sites for hydroxylation is 1. The van der Waals surface area contributed by atoms with E-state index in [1.807, 2.05) is 20.8 Å². The van der Waals surface area contributed by atoms with Crippen LogP contribution in [0, 0.1) is 0 Å². The first-order valence-electron chi connectivity index (χ1n) is 5.58. The second-order valence-electron chi connectivity index (χ2n) is 4.80. The average Bonchev–Trinajstić information content (AvgIpc) is 2.59. The number of hydrogen-bond acceptors (Lipinski definition) is 3. The fraction of sp³-hybridized carbons (Fsp3) is 0.545. The Morgan fingerprint density at radius 2 is 2.12 bits per heavy atom. The molecule has 0 saturated heterocycles. The van der Waals surface area contributed by atoms with Gasteiger partial charge < -0.3 is 4.57 Å². The molecule has 5 nitrogen and oxygen atoms in total. The number of imidazole rings is 1. The third-order valence-corrected chi connectivity index (χ3v) is 3.24. The van der Waals surface area contributed by atoms with Gasteiger partial charge in [0.25, 0.3) is 5.56 Å². The van der Waals surface area contributed by atoms with E-state index < -0.39 is 0 Å². The maximum Gasteiger partial charge on any atom is 0.279 e. The molecule has 2 heterocycles. The highest BCUT2D eigenvalue weighted by Crippen LogP contribution is 2.16. The summed E-state index contributed by atoms with van der Waals surface area (Å²) in [7, 11) is 7.64. The van der Waals surface area contributed by atoms with E-state index in [4.69, 9.17) is 7.85 Å². The summed E-state index contributed by atoms with van der Waals surface area (Å²) in [6.07, 6.45) is 2.37. The van der Waals surface area contributed by atoms with Crippen molar-refractivity contribution in [3.05, 3.63) is 16.7 Å². The van der Waals surface area contributed by atoms with E-state index in [1.165, 1.54) is 4.57 Å². The molecule has 0 N–H and O–H groups in total. The molecule has 0 atom stereocenters. The van der Waals surface area contributed by atoms with Crippen molar-refractivity contribution in [2.24, 2.45) is 7.05 Å². The number of aromatic nitrogens is 4. The molecule has 0 spiro atoms. The lowest BCUT2D eigenvalue weighted by atomic mass is 9.98. The molecular weight excluding hydrogens is 215 g/mol. The highest BCUT2D eigenvalue weighted by molar-refractivity contribution is 6.29. The minimum Gasteiger partial charge on any atom is -0.328 e. The van der Waals surface area contributed by atoms with E-state index in [9.17, 15) is 4.79 Å². The lowest BCUT2D eigenvalue weighted by molar-refractivity contribution is 0.338. The molecule has 2 rings (SSSR count). The zero-order valence-electron chi connectivity index (χ0n) is 10.6. The summed E-state index contributed by atoms with van der Waals surface area (Å²) in [6.45, 7) is 5.95. The third-order valence-electron chi connectivity index (χ3n) is 3.24. The molecule has 0 aromatic carbocycles. The lowest BCUT2D eigenvalue weighted by Crippen LogP contribution is -2.46. The molecule has 0 fully saturated rings. The van der Waals surface area contributed by atoms with Gasteiger partial charge in [0, 0.05) is 12.6 Å². The first-order valence-corrected chi connectivity index (χ1v) is 5.58. The van der Waals surface area contributed by atoms with Crippen molar-refractivity contribution >= 4 is 24.7 Å². The highest BCUT2D eigenvalue weighted by Gasteiger charge is 2.23. The van der Waals surface area contributed by atoms with E-state index in [1.54, 1.807) is 17.9 Å². The molecule has 2 aromatic rings. The van der Waals surface area contributed by atoms with E-state index in [0.29, 0.717) is 11.2 Å². The summed E-state index contributed by atoms with van der Waals surface area (Å²) < 4.78 is 3.21. The fourth-order valence-corrected chi connectivity index (χ4v) is 1.86. The van der Waals surface area contributed by atoms with Crippen LogP contribution in [-0.2, 0) is 12.6 Å². The van der Waals surface area contributed by atoms with Crippen molar-refractivity contribution < 1.29 is 0 Å². The zero-order chi connectivity index (χ0) is 12.8. The van der Waals surface area contributed by atoms with E-state index in [-0.39, 0.29) is 16.8 Å². The predicted molar refractivity (Wildman–Crippen MR) is 67.8 cm³/mol. The van der Waals surface area contributed by atoms with Gasteiger partial charge in [0.1, 0.15) is 0 Å². The average molecular weight is 230 g/mol. The van der Waals surface area contributed by atoms with E-state index >= 15 is 0 Å². The van der Waals surface area contributed by atoms with Gasteiger partial charge >= 0.3 is 0 Å². The molecule has 88 valence electrons. The van der Waals surface area contributed by atoms with E-state index in [2.05, 4.69) is 9.97 Å². The maximum atomic E-state index is 12.4. The summed E-state index contributed by atoms with van der Waals surface area (Å²) in [4.78, 5) is 20.6. The van der Waals surface area contributed by atoms with Gasteiger partial charge in [-0.15, -0.1) is 0 Å². The van der Waals surface area contributed by atoms with Crippen molar-refractivity contribution in [3.8, 4) is 0 Å². The molecular formula is C11H15BN4O. The van der Waals surface area contributed by atoms with Crippen LogP contribution in [0.25, 0.3) is 11.2 Å². The number of nitrogens with zero attached hydrogens (tertiary/aromatic N) is 4. The summed E-state index contributed by atoms with van der Waals surface area (Å²) in [5, 5.41) is 0. The largest absolute Gasteiger partial charge is 0.328 e. The highest BCUT2D eigenvalue weighted by atomic mass is 16.1. The van der Waals surface area contributed by atoms with E-state index in [0.717, 1.165) is 6.42 Å². The molecule has 0 aliphatic rings. The SMILES string of the molecule is [B]c1nc2ncn(C)c2c(=O)n1C(C)(C)CC. The number of rotatable bonds is 2. The Balaban J connectivity index is 2.89. The van der Waals surface area contributed by atoms with Crippen LogP contribution >= 0.6 is 0 Å². The Kier molecular flexibility index (Phi) is 2.60. The molecule has 0 saturated carbocycles. The van der Waals surface area contributed by atoms with Gasteiger partial charge in [0.2, 0.25) is 0 Å². The van der Waals surface area contributed by atoms with Crippen LogP contribution in [0.2, 0.25) is 0 Å². The first-order chi connectivity index (χ1) is 7.88. The first kappa shape index (κ1) is 11.9. The van der Waals surface area contributed by atoms with Gasteiger partial charge in [-0.1, -0.05) is 6.92 Å². The summed E-state index contributed by atoms with van der Waals surface area (Å²) in [5.74, 6) is 0. The van der Waals surface area contributed by atoms with Crippen molar-refractivity contribution in [1.82, 2.24) is 19.1 Å². The van der Waals surface area contributed by atoms with Gasteiger partial charge in [-0.05, 0) is 20.3 Å². The topological polar surface area (TPSA) is 52.7 Å². The quantitative estimate of drug-likeness (QED) is 0.686. The normalized spacial score (nSPS) is 12.2. The summed E-state index contributed by atoms with van der Waals surface area (Å²) >= 11 is 0. The van der Waals surface area contributed by atoms with Gasteiger partial charge in [-0.2, -0.15) is 0 Å². The van der Waals surface area contributed by atoms with Crippen molar-refractivity contribution in [2.45, 2.75) is 32.7 Å². The van der Waals surface area contributed by atoms with Crippen molar-refractivity contribution in [3.63, 3.8) is 0 Å². The second kappa shape index (κ2) is 3.72. The van der Waals surface area contributed by atoms with Crippen LogP contribution in [0.1, 0.15) is 27.2 Å². The van der Waals surface area contributed by atoms with Crippen LogP contribution in [-0.4, -0.2) is 26.9 Å². The Morgan fingerprint density at radius 1 is 1.47 bits per heavy atom. The lowest BCUT2D eigenvalue weighted by Gasteiger charge is -2.28. The van der Waals surface area contributed by atoms with Gasteiger partial charge in [-0.25, -0.2) is 9.97 Å². The second-order valence-corrected chi connectivity index (χ2v) is 4.80. The van der Waals surface area contributed by atoms with Gasteiger partial charge in [0.15, 0.2) is 19.0 Å². The Morgan fingerprint density at radius 3 is 2.71 bits per heavy atom. The minimum absolute atomic E-state index is 0.139. The third kappa shape index (κ3) is 1.68. The molecule has 2 aromatic heterocycles. The van der Waals surface area contributed by atoms with Gasteiger partial charge in [-0.3, -0.25) is 9.36 Å². The summed E-state index contributed by atoms with van der Waals surface area (Å²) in [6, 6.07) is 0. The van der Waals surface area contributed by atoms with Crippen LogP contribution < -0.4 is 11.3 Å². The molecule has 6 heteroatoms. The van der Waals surface area contributed by atoms with Crippen LogP contribution in [0.15, 0.2) is 11.1 Å². The molecule has 2 radical (unpaired) electrons. The Labute approximate surface area is 101 Å². The van der Waals surface area contributed by atoms with Crippen LogP contribution in [0.4, 0.5) is 0 Å². The number of fused-ring (bicyclic) bond motifs is 1. The zero-order valence-corrected chi connectivity index (χ0v) is 10.6. The van der Waals surface area contributed by atoms with Crippen molar-refractivity contribution in [2.75, 3.05) is 0 Å². The maximum absolute atomic E-state index is 12.4. The van der Waals surface area contributed by atoms with Crippen LogP contribution in [0.3, 0.4) is 0 Å². The molecule has 0 bridgehead atoms. The molecule has 0 aliphatic heterocycles. The fourth-order valence-electron chi connectivity index (χ4n) is 1.86. The monoisotopic (exact) mass is 230 g/mol. The Bertz CT molecular complexity index is 626. The standard InChI is InChI=1S/C11H15BN4O/c1-5-11(2,3)16-9(17)7-8(14-10(16)12)13-6-15(7)4/h6H,5H2,1-4H3. The molecule has 17 heavy (non-hydrogen) atoms. The van der Waals surface area contributed by atoms with Crippen molar-refractivity contribution in [1.29, 1.82) is 0 Å². The summed E-state index contributed by atoms with van der Waals surface area (Å²) in [5.41, 5.74) is 0.610. The smallest absolute Gasteiger partial charge is 0.279 e. The molecule has 0 amide bonds. The van der Waals surface area contributed by atoms with Gasteiger partial charge in [0.05, 0.1) is 12.1 Å². The predicted octanol–water partition coefficient (Wildman–Crippen LogP) is 0.0689. The van der Waals surface area contributed by atoms with Crippen LogP contribution in [0.5, 0.6) is 0 Å². The molecule has 0 unspecified atom stereocenters.